The highest BCUT2D eigenvalue weighted by atomic mass is 32.1. The minimum Gasteiger partial charge on any atom is -0.312 e. The number of anilines is 2. The van der Waals surface area contributed by atoms with Crippen LogP contribution in [0.5, 0.6) is 0 Å². The van der Waals surface area contributed by atoms with E-state index in [1.54, 1.807) is 6.07 Å². The number of aromatic nitrogens is 2. The Balaban J connectivity index is 1.69. The molecule has 1 aromatic heterocycles. The fraction of sp³-hybridized carbons (Fsp3) is 0.375. The number of benzene rings is 1. The van der Waals surface area contributed by atoms with Crippen molar-refractivity contribution >= 4 is 39.8 Å². The van der Waals surface area contributed by atoms with Crippen LogP contribution in [-0.4, -0.2) is 44.5 Å². The average molecular weight is 390 g/mol. The van der Waals surface area contributed by atoms with Gasteiger partial charge in [-0.1, -0.05) is 30.4 Å². The van der Waals surface area contributed by atoms with Crippen molar-refractivity contribution < 1.29 is 14.5 Å². The summed E-state index contributed by atoms with van der Waals surface area (Å²) < 4.78 is 0. The lowest BCUT2D eigenvalue weighted by atomic mass is 10.2. The standard InChI is InChI=1S/C16H18N6O4S/c1-2-13-19-20-15(27-13)18-14(23)12-8-5-9-21(12)16(24)17-10-6-3-4-7-11(10)22(25)26/h3-4,6-7,12H,2,5,8-9H2,1H3,(H,17,24)(H,18,20,23). The third-order valence-electron chi connectivity index (χ3n) is 4.16. The molecule has 10 nitrogen and oxygen atoms in total. The summed E-state index contributed by atoms with van der Waals surface area (Å²) in [5.41, 5.74) is -0.109. The highest BCUT2D eigenvalue weighted by Crippen LogP contribution is 2.26. The van der Waals surface area contributed by atoms with Gasteiger partial charge in [0.1, 0.15) is 16.7 Å². The molecule has 3 amide bonds. The third-order valence-corrected chi connectivity index (χ3v) is 5.14. The number of nitrogens with zero attached hydrogens (tertiary/aromatic N) is 4. The molecule has 0 spiro atoms. The molecule has 1 aliphatic rings. The van der Waals surface area contributed by atoms with Gasteiger partial charge in [-0.25, -0.2) is 4.79 Å². The van der Waals surface area contributed by atoms with E-state index in [9.17, 15) is 19.7 Å². The number of carbonyl (C=O) groups excluding carboxylic acids is 2. The monoisotopic (exact) mass is 390 g/mol. The molecule has 142 valence electrons. The van der Waals surface area contributed by atoms with E-state index in [0.717, 1.165) is 11.4 Å². The molecule has 11 heteroatoms. The van der Waals surface area contributed by atoms with Crippen LogP contribution in [0.3, 0.4) is 0 Å². The van der Waals surface area contributed by atoms with Gasteiger partial charge in [0.2, 0.25) is 11.0 Å². The second-order valence-corrected chi connectivity index (χ2v) is 6.96. The SMILES string of the molecule is CCc1nnc(NC(=O)C2CCCN2C(=O)Nc2ccccc2[N+](=O)[O-])s1. The fourth-order valence-corrected chi connectivity index (χ4v) is 3.53. The van der Waals surface area contributed by atoms with Crippen LogP contribution in [0.25, 0.3) is 0 Å². The Bertz CT molecular complexity index is 870. The van der Waals surface area contributed by atoms with Crippen molar-refractivity contribution in [1.29, 1.82) is 0 Å². The average Bonchev–Trinajstić information content (AvgIpc) is 3.31. The van der Waals surface area contributed by atoms with Gasteiger partial charge in [-0.15, -0.1) is 10.2 Å². The Morgan fingerprint density at radius 1 is 1.33 bits per heavy atom. The van der Waals surface area contributed by atoms with Crippen molar-refractivity contribution in [3.63, 3.8) is 0 Å². The summed E-state index contributed by atoms with van der Waals surface area (Å²) in [5.74, 6) is -0.344. The summed E-state index contributed by atoms with van der Waals surface area (Å²) in [7, 11) is 0. The number of nitrogens with one attached hydrogen (secondary N) is 2. The van der Waals surface area contributed by atoms with Gasteiger partial charge in [0.05, 0.1) is 4.92 Å². The number of likely N-dealkylation sites (tertiary alicyclic amines) is 1. The van der Waals surface area contributed by atoms with Crippen LogP contribution in [-0.2, 0) is 11.2 Å². The summed E-state index contributed by atoms with van der Waals surface area (Å²) in [6.07, 6.45) is 1.90. The molecular formula is C16H18N6O4S. The van der Waals surface area contributed by atoms with Gasteiger partial charge in [0, 0.05) is 12.6 Å². The molecule has 1 aliphatic heterocycles. The Labute approximate surface area is 158 Å². The molecule has 1 saturated heterocycles. The topological polar surface area (TPSA) is 130 Å². The lowest BCUT2D eigenvalue weighted by molar-refractivity contribution is -0.383. The van der Waals surface area contributed by atoms with Gasteiger partial charge in [0.25, 0.3) is 5.69 Å². The van der Waals surface area contributed by atoms with Gasteiger partial charge >= 0.3 is 6.03 Å². The first kappa shape index (κ1) is 18.7. The summed E-state index contributed by atoms with van der Waals surface area (Å²) >= 11 is 1.29. The highest BCUT2D eigenvalue weighted by Gasteiger charge is 2.35. The van der Waals surface area contributed by atoms with Gasteiger partial charge in [-0.2, -0.15) is 0 Å². The molecule has 2 heterocycles. The number of hydrogen-bond acceptors (Lipinski definition) is 7. The van der Waals surface area contributed by atoms with Gasteiger partial charge < -0.3 is 10.2 Å². The molecule has 1 aromatic carbocycles. The van der Waals surface area contributed by atoms with E-state index in [1.807, 2.05) is 6.92 Å². The van der Waals surface area contributed by atoms with E-state index in [-0.39, 0.29) is 17.3 Å². The fourth-order valence-electron chi connectivity index (χ4n) is 2.84. The summed E-state index contributed by atoms with van der Waals surface area (Å²) in [5, 5.41) is 25.4. The Morgan fingerprint density at radius 2 is 2.11 bits per heavy atom. The number of amides is 3. The first-order valence-electron chi connectivity index (χ1n) is 8.44. The summed E-state index contributed by atoms with van der Waals surface area (Å²) in [6.45, 7) is 2.33. The molecule has 0 radical (unpaired) electrons. The smallest absolute Gasteiger partial charge is 0.312 e. The van der Waals surface area contributed by atoms with Crippen LogP contribution < -0.4 is 10.6 Å². The van der Waals surface area contributed by atoms with Crippen LogP contribution in [0, 0.1) is 10.1 Å². The number of aryl methyl sites for hydroxylation is 1. The van der Waals surface area contributed by atoms with Crippen molar-refractivity contribution in [2.45, 2.75) is 32.2 Å². The number of rotatable bonds is 5. The van der Waals surface area contributed by atoms with Crippen LogP contribution in [0.4, 0.5) is 21.3 Å². The number of hydrogen-bond donors (Lipinski definition) is 2. The van der Waals surface area contributed by atoms with Crippen LogP contribution >= 0.6 is 11.3 Å². The molecule has 1 atom stereocenters. The van der Waals surface area contributed by atoms with Gasteiger partial charge in [-0.05, 0) is 25.3 Å². The Morgan fingerprint density at radius 3 is 2.81 bits per heavy atom. The molecular weight excluding hydrogens is 372 g/mol. The zero-order valence-corrected chi connectivity index (χ0v) is 15.4. The minimum atomic E-state index is -0.665. The van der Waals surface area contributed by atoms with E-state index in [4.69, 9.17) is 0 Å². The molecule has 2 aromatic rings. The molecule has 1 unspecified atom stereocenters. The van der Waals surface area contributed by atoms with Crippen molar-refractivity contribution in [3.8, 4) is 0 Å². The van der Waals surface area contributed by atoms with E-state index in [2.05, 4.69) is 20.8 Å². The number of nitro benzene ring substituents is 1. The molecule has 0 saturated carbocycles. The van der Waals surface area contributed by atoms with Crippen molar-refractivity contribution in [2.24, 2.45) is 0 Å². The van der Waals surface area contributed by atoms with Gasteiger partial charge in [0.15, 0.2) is 0 Å². The van der Waals surface area contributed by atoms with E-state index >= 15 is 0 Å². The molecule has 0 aliphatic carbocycles. The summed E-state index contributed by atoms with van der Waals surface area (Å²) in [4.78, 5) is 37.1. The van der Waals surface area contributed by atoms with Crippen molar-refractivity contribution in [3.05, 3.63) is 39.4 Å². The first-order valence-corrected chi connectivity index (χ1v) is 9.25. The molecule has 3 rings (SSSR count). The highest BCUT2D eigenvalue weighted by molar-refractivity contribution is 7.15. The van der Waals surface area contributed by atoms with E-state index < -0.39 is 17.0 Å². The molecule has 27 heavy (non-hydrogen) atoms. The van der Waals surface area contributed by atoms with Crippen LogP contribution in [0.15, 0.2) is 24.3 Å². The second-order valence-electron chi connectivity index (χ2n) is 5.90. The van der Waals surface area contributed by atoms with Crippen molar-refractivity contribution in [1.82, 2.24) is 15.1 Å². The predicted molar refractivity (Wildman–Crippen MR) is 99.8 cm³/mol. The largest absolute Gasteiger partial charge is 0.322 e. The van der Waals surface area contributed by atoms with Gasteiger partial charge in [-0.3, -0.25) is 20.2 Å². The third kappa shape index (κ3) is 4.19. The van der Waals surface area contributed by atoms with Crippen molar-refractivity contribution in [2.75, 3.05) is 17.2 Å². The van der Waals surface area contributed by atoms with Crippen LogP contribution in [0.1, 0.15) is 24.8 Å². The molecule has 1 fully saturated rings. The lowest BCUT2D eigenvalue weighted by Crippen LogP contribution is -2.45. The van der Waals surface area contributed by atoms with E-state index in [1.165, 1.54) is 34.4 Å². The number of carbonyl (C=O) groups is 2. The summed E-state index contributed by atoms with van der Waals surface area (Å²) in [6, 6.07) is 4.67. The maximum Gasteiger partial charge on any atom is 0.322 e. The first-order chi connectivity index (χ1) is 13.0. The zero-order chi connectivity index (χ0) is 19.4. The predicted octanol–water partition coefficient (Wildman–Crippen LogP) is 2.64. The molecule has 2 N–H and O–H groups in total. The Kier molecular flexibility index (Phi) is 5.60. The normalized spacial score (nSPS) is 16.2. The number of urea groups is 1. The van der Waals surface area contributed by atoms with E-state index in [0.29, 0.717) is 24.5 Å². The number of para-hydroxylation sites is 2. The zero-order valence-electron chi connectivity index (χ0n) is 14.5. The maximum absolute atomic E-state index is 12.6. The second kappa shape index (κ2) is 8.08. The Hall–Kier alpha value is -3.08. The van der Waals surface area contributed by atoms with Crippen LogP contribution in [0.2, 0.25) is 0 Å². The number of nitro groups is 1. The molecule has 0 bridgehead atoms. The maximum atomic E-state index is 12.6. The quantitative estimate of drug-likeness (QED) is 0.596. The lowest BCUT2D eigenvalue weighted by Gasteiger charge is -2.23. The minimum absolute atomic E-state index is 0.0928.